The van der Waals surface area contributed by atoms with Gasteiger partial charge in [0.1, 0.15) is 12.1 Å². The maximum Gasteiger partial charge on any atom is 0.307 e. The molecule has 5 nitrogen and oxygen atoms in total. The van der Waals surface area contributed by atoms with Crippen molar-refractivity contribution in [1.29, 1.82) is 0 Å². The van der Waals surface area contributed by atoms with E-state index in [1.807, 2.05) is 0 Å². The van der Waals surface area contributed by atoms with Crippen LogP contribution in [0.1, 0.15) is 5.56 Å². The minimum absolute atomic E-state index is 0.0395. The third-order valence-electron chi connectivity index (χ3n) is 2.10. The van der Waals surface area contributed by atoms with Gasteiger partial charge in [-0.25, -0.2) is 9.97 Å². The van der Waals surface area contributed by atoms with Gasteiger partial charge in [0.2, 0.25) is 5.88 Å². The predicted octanol–water partition coefficient (Wildman–Crippen LogP) is 2.66. The average Bonchev–Trinajstić information content (AvgIpc) is 2.32. The highest BCUT2D eigenvalue weighted by atomic mass is 79.9. The molecule has 0 fully saturated rings. The zero-order chi connectivity index (χ0) is 13.0. The van der Waals surface area contributed by atoms with E-state index in [1.54, 1.807) is 30.5 Å². The molecule has 0 spiro atoms. The van der Waals surface area contributed by atoms with Crippen molar-refractivity contribution in [3.8, 4) is 11.6 Å². The number of rotatable bonds is 4. The second-order valence-electron chi connectivity index (χ2n) is 3.50. The molecule has 0 saturated heterocycles. The SMILES string of the molecule is O=C(O)Cc1cccc(Oc2ncncc2Br)c1. The molecule has 0 saturated carbocycles. The first-order valence-corrected chi connectivity index (χ1v) is 5.88. The predicted molar refractivity (Wildman–Crippen MR) is 67.6 cm³/mol. The Morgan fingerprint density at radius 3 is 3.00 bits per heavy atom. The van der Waals surface area contributed by atoms with Crippen molar-refractivity contribution in [2.24, 2.45) is 0 Å². The molecular formula is C12H9BrN2O3. The van der Waals surface area contributed by atoms with E-state index in [0.717, 1.165) is 0 Å². The first kappa shape index (κ1) is 12.5. The number of hydrogen-bond acceptors (Lipinski definition) is 4. The molecule has 18 heavy (non-hydrogen) atoms. The summed E-state index contributed by atoms with van der Waals surface area (Å²) in [7, 11) is 0. The molecule has 92 valence electrons. The second-order valence-corrected chi connectivity index (χ2v) is 4.35. The molecule has 0 aliphatic rings. The van der Waals surface area contributed by atoms with Gasteiger partial charge in [-0.15, -0.1) is 0 Å². The molecule has 0 aliphatic heterocycles. The molecule has 0 bridgehead atoms. The zero-order valence-corrected chi connectivity index (χ0v) is 10.8. The van der Waals surface area contributed by atoms with E-state index in [4.69, 9.17) is 9.84 Å². The third kappa shape index (κ3) is 3.27. The lowest BCUT2D eigenvalue weighted by molar-refractivity contribution is -0.136. The molecule has 2 aromatic rings. The van der Waals surface area contributed by atoms with Gasteiger partial charge in [-0.2, -0.15) is 0 Å². The van der Waals surface area contributed by atoms with E-state index in [0.29, 0.717) is 21.7 Å². The highest BCUT2D eigenvalue weighted by Crippen LogP contribution is 2.26. The summed E-state index contributed by atoms with van der Waals surface area (Å²) in [5.41, 5.74) is 0.671. The van der Waals surface area contributed by atoms with Crippen molar-refractivity contribution in [1.82, 2.24) is 9.97 Å². The molecule has 1 aromatic heterocycles. The van der Waals surface area contributed by atoms with Crippen molar-refractivity contribution in [2.75, 3.05) is 0 Å². The minimum atomic E-state index is -0.879. The molecule has 1 aromatic carbocycles. The number of carbonyl (C=O) groups is 1. The lowest BCUT2D eigenvalue weighted by Crippen LogP contribution is -2.00. The number of carboxylic acids is 1. The van der Waals surface area contributed by atoms with Crippen molar-refractivity contribution in [3.63, 3.8) is 0 Å². The number of carboxylic acid groups (broad SMARTS) is 1. The van der Waals surface area contributed by atoms with Gasteiger partial charge in [0.05, 0.1) is 10.9 Å². The van der Waals surface area contributed by atoms with Crippen LogP contribution in [0.5, 0.6) is 11.6 Å². The molecule has 1 N–H and O–H groups in total. The van der Waals surface area contributed by atoms with Gasteiger partial charge in [0, 0.05) is 6.20 Å². The van der Waals surface area contributed by atoms with Gasteiger partial charge in [0.25, 0.3) is 0 Å². The van der Waals surface area contributed by atoms with Crippen LogP contribution in [0.15, 0.2) is 41.3 Å². The van der Waals surface area contributed by atoms with E-state index in [-0.39, 0.29) is 6.42 Å². The maximum atomic E-state index is 10.6. The molecular weight excluding hydrogens is 300 g/mol. The van der Waals surface area contributed by atoms with Gasteiger partial charge >= 0.3 is 5.97 Å². The van der Waals surface area contributed by atoms with E-state index in [2.05, 4.69) is 25.9 Å². The Hall–Kier alpha value is -1.95. The van der Waals surface area contributed by atoms with Crippen molar-refractivity contribution < 1.29 is 14.6 Å². The molecule has 0 amide bonds. The third-order valence-corrected chi connectivity index (χ3v) is 2.65. The van der Waals surface area contributed by atoms with Gasteiger partial charge in [0.15, 0.2) is 0 Å². The van der Waals surface area contributed by atoms with Gasteiger partial charge < -0.3 is 9.84 Å². The highest BCUT2D eigenvalue weighted by Gasteiger charge is 2.06. The Kier molecular flexibility index (Phi) is 3.88. The lowest BCUT2D eigenvalue weighted by Gasteiger charge is -2.06. The van der Waals surface area contributed by atoms with E-state index < -0.39 is 5.97 Å². The molecule has 0 unspecified atom stereocenters. The molecule has 0 atom stereocenters. The number of halogens is 1. The fraction of sp³-hybridized carbons (Fsp3) is 0.0833. The van der Waals surface area contributed by atoms with Gasteiger partial charge in [-0.05, 0) is 33.6 Å². The number of ether oxygens (including phenoxy) is 1. The van der Waals surface area contributed by atoms with Crippen LogP contribution in [-0.4, -0.2) is 21.0 Å². The van der Waals surface area contributed by atoms with Crippen LogP contribution in [0.4, 0.5) is 0 Å². The van der Waals surface area contributed by atoms with E-state index in [9.17, 15) is 4.79 Å². The van der Waals surface area contributed by atoms with Gasteiger partial charge in [-0.1, -0.05) is 12.1 Å². The first-order chi connectivity index (χ1) is 8.65. The Bertz CT molecular complexity index is 575. The molecule has 1 heterocycles. The standard InChI is InChI=1S/C12H9BrN2O3/c13-10-6-14-7-15-12(10)18-9-3-1-2-8(4-9)5-11(16)17/h1-4,6-7H,5H2,(H,16,17). The van der Waals surface area contributed by atoms with E-state index >= 15 is 0 Å². The van der Waals surface area contributed by atoms with Crippen LogP contribution in [0.25, 0.3) is 0 Å². The Balaban J connectivity index is 2.19. The largest absolute Gasteiger partial charge is 0.481 e. The lowest BCUT2D eigenvalue weighted by atomic mass is 10.1. The summed E-state index contributed by atoms with van der Waals surface area (Å²) in [5, 5.41) is 8.72. The number of aliphatic carboxylic acids is 1. The van der Waals surface area contributed by atoms with Crippen LogP contribution in [0.2, 0.25) is 0 Å². The molecule has 0 radical (unpaired) electrons. The average molecular weight is 309 g/mol. The van der Waals surface area contributed by atoms with Crippen molar-refractivity contribution >= 4 is 21.9 Å². The monoisotopic (exact) mass is 308 g/mol. The summed E-state index contributed by atoms with van der Waals surface area (Å²) in [4.78, 5) is 18.4. The van der Waals surface area contributed by atoms with Crippen molar-refractivity contribution in [2.45, 2.75) is 6.42 Å². The highest BCUT2D eigenvalue weighted by molar-refractivity contribution is 9.10. The maximum absolute atomic E-state index is 10.6. The summed E-state index contributed by atoms with van der Waals surface area (Å²) in [6.07, 6.45) is 2.91. The fourth-order valence-electron chi connectivity index (χ4n) is 1.38. The van der Waals surface area contributed by atoms with Crippen LogP contribution in [0, 0.1) is 0 Å². The van der Waals surface area contributed by atoms with Gasteiger partial charge in [-0.3, -0.25) is 4.79 Å². The second kappa shape index (κ2) is 5.59. The summed E-state index contributed by atoms with van der Waals surface area (Å²) >= 11 is 3.27. The van der Waals surface area contributed by atoms with Crippen molar-refractivity contribution in [3.05, 3.63) is 46.8 Å². The van der Waals surface area contributed by atoms with Crippen LogP contribution >= 0.6 is 15.9 Å². The first-order valence-electron chi connectivity index (χ1n) is 5.09. The summed E-state index contributed by atoms with van der Waals surface area (Å²) < 4.78 is 6.17. The summed E-state index contributed by atoms with van der Waals surface area (Å²) in [6, 6.07) is 6.88. The minimum Gasteiger partial charge on any atom is -0.481 e. The van der Waals surface area contributed by atoms with Crippen LogP contribution in [-0.2, 0) is 11.2 Å². The zero-order valence-electron chi connectivity index (χ0n) is 9.21. The Morgan fingerprint density at radius 1 is 1.44 bits per heavy atom. The van der Waals surface area contributed by atoms with Crippen LogP contribution in [0.3, 0.4) is 0 Å². The summed E-state index contributed by atoms with van der Waals surface area (Å²) in [6.45, 7) is 0. The molecule has 2 rings (SSSR count). The number of hydrogen-bond donors (Lipinski definition) is 1. The smallest absolute Gasteiger partial charge is 0.307 e. The Morgan fingerprint density at radius 2 is 2.28 bits per heavy atom. The quantitative estimate of drug-likeness (QED) is 0.940. The normalized spacial score (nSPS) is 10.1. The van der Waals surface area contributed by atoms with E-state index in [1.165, 1.54) is 6.33 Å². The van der Waals surface area contributed by atoms with Crippen LogP contribution < -0.4 is 4.74 Å². The summed E-state index contributed by atoms with van der Waals surface area (Å²) in [5.74, 6) is 0.0426. The number of nitrogens with zero attached hydrogens (tertiary/aromatic N) is 2. The Labute approximate surface area is 112 Å². The topological polar surface area (TPSA) is 72.3 Å². The number of aromatic nitrogens is 2. The molecule has 6 heteroatoms. The molecule has 0 aliphatic carbocycles. The number of benzene rings is 1. The fourth-order valence-corrected chi connectivity index (χ4v) is 1.68.